The van der Waals surface area contributed by atoms with E-state index in [1.807, 2.05) is 0 Å². The molecule has 2 saturated heterocycles. The molecule has 0 amide bonds. The molecule has 72 valence electrons. The van der Waals surface area contributed by atoms with Crippen LogP contribution >= 0.6 is 0 Å². The van der Waals surface area contributed by atoms with Crippen molar-refractivity contribution in [1.29, 1.82) is 0 Å². The summed E-state index contributed by atoms with van der Waals surface area (Å²) in [4.78, 5) is 2.58. The third-order valence-corrected chi connectivity index (χ3v) is 3.26. The zero-order valence-electron chi connectivity index (χ0n) is 8.13. The molecule has 0 aromatic carbocycles. The van der Waals surface area contributed by atoms with Gasteiger partial charge in [-0.2, -0.15) is 0 Å². The molecule has 0 aliphatic carbocycles. The molecule has 2 aliphatic rings. The molecule has 2 heteroatoms. The number of unbranched alkanes of at least 4 members (excludes halogenated alkanes) is 1. The lowest BCUT2D eigenvalue weighted by Crippen LogP contribution is -2.26. The van der Waals surface area contributed by atoms with Gasteiger partial charge in [-0.05, 0) is 37.9 Å². The first kappa shape index (κ1) is 9.05. The number of hydrogen-bond acceptors (Lipinski definition) is 2. The lowest BCUT2D eigenvalue weighted by Gasteiger charge is -2.15. The molecule has 2 nitrogen and oxygen atoms in total. The zero-order chi connectivity index (χ0) is 9.10. The van der Waals surface area contributed by atoms with Crippen LogP contribution in [-0.2, 0) is 0 Å². The standard InChI is InChI=1S/C11H18N2/c1-2-3-4-5-13-8-10-6-12-7-11(10)9-13/h1,10-12H,3-9H2. The predicted octanol–water partition coefficient (Wildman–Crippen LogP) is 0.551. The van der Waals surface area contributed by atoms with Crippen LogP contribution in [0.3, 0.4) is 0 Å². The van der Waals surface area contributed by atoms with Crippen molar-refractivity contribution in [3.05, 3.63) is 0 Å². The number of nitrogens with one attached hydrogen (secondary N) is 1. The maximum atomic E-state index is 5.23. The van der Waals surface area contributed by atoms with E-state index in [9.17, 15) is 0 Å². The number of terminal acetylenes is 1. The number of fused-ring (bicyclic) bond motifs is 1. The SMILES string of the molecule is C#CCCCN1CC2CNCC2C1. The molecule has 0 spiro atoms. The first-order valence-corrected chi connectivity index (χ1v) is 5.26. The summed E-state index contributed by atoms with van der Waals surface area (Å²) in [5, 5.41) is 3.45. The number of nitrogens with zero attached hydrogens (tertiary/aromatic N) is 1. The van der Waals surface area contributed by atoms with E-state index in [0.717, 1.165) is 18.3 Å². The van der Waals surface area contributed by atoms with E-state index in [2.05, 4.69) is 16.1 Å². The highest BCUT2D eigenvalue weighted by atomic mass is 15.2. The van der Waals surface area contributed by atoms with Crippen molar-refractivity contribution in [2.24, 2.45) is 11.8 Å². The molecule has 0 aromatic heterocycles. The molecule has 2 heterocycles. The van der Waals surface area contributed by atoms with Crippen molar-refractivity contribution >= 4 is 0 Å². The molecule has 0 aromatic rings. The van der Waals surface area contributed by atoms with E-state index in [1.54, 1.807) is 0 Å². The van der Waals surface area contributed by atoms with Gasteiger partial charge in [-0.15, -0.1) is 12.3 Å². The average molecular weight is 178 g/mol. The fraction of sp³-hybridized carbons (Fsp3) is 0.818. The highest BCUT2D eigenvalue weighted by molar-refractivity contribution is 4.91. The van der Waals surface area contributed by atoms with Gasteiger partial charge in [0.05, 0.1) is 0 Å². The van der Waals surface area contributed by atoms with Crippen molar-refractivity contribution in [1.82, 2.24) is 10.2 Å². The average Bonchev–Trinajstić information content (AvgIpc) is 2.64. The Hall–Kier alpha value is -0.520. The second-order valence-electron chi connectivity index (χ2n) is 4.25. The Bertz CT molecular complexity index is 195. The van der Waals surface area contributed by atoms with Gasteiger partial charge in [0.2, 0.25) is 0 Å². The van der Waals surface area contributed by atoms with E-state index in [-0.39, 0.29) is 0 Å². The van der Waals surface area contributed by atoms with Crippen LogP contribution in [0.15, 0.2) is 0 Å². The quantitative estimate of drug-likeness (QED) is 0.501. The first-order chi connectivity index (χ1) is 6.40. The highest BCUT2D eigenvalue weighted by Gasteiger charge is 2.35. The van der Waals surface area contributed by atoms with Crippen LogP contribution in [0.1, 0.15) is 12.8 Å². The molecular formula is C11H18N2. The summed E-state index contributed by atoms with van der Waals surface area (Å²) >= 11 is 0. The molecule has 0 radical (unpaired) electrons. The Balaban J connectivity index is 1.70. The van der Waals surface area contributed by atoms with Crippen molar-refractivity contribution in [3.63, 3.8) is 0 Å². The van der Waals surface area contributed by atoms with Crippen molar-refractivity contribution in [2.45, 2.75) is 12.8 Å². The summed E-state index contributed by atoms with van der Waals surface area (Å²) in [6.45, 7) is 6.26. The van der Waals surface area contributed by atoms with Crippen LogP contribution in [0.2, 0.25) is 0 Å². The summed E-state index contributed by atoms with van der Waals surface area (Å²) in [6.07, 6.45) is 7.33. The van der Waals surface area contributed by atoms with Gasteiger partial charge in [0.1, 0.15) is 0 Å². The maximum absolute atomic E-state index is 5.23. The topological polar surface area (TPSA) is 15.3 Å². The van der Waals surface area contributed by atoms with E-state index in [1.165, 1.54) is 39.1 Å². The summed E-state index contributed by atoms with van der Waals surface area (Å²) in [6, 6.07) is 0. The summed E-state index contributed by atoms with van der Waals surface area (Å²) < 4.78 is 0. The predicted molar refractivity (Wildman–Crippen MR) is 54.4 cm³/mol. The minimum atomic E-state index is 0.922. The lowest BCUT2D eigenvalue weighted by atomic mass is 10.0. The first-order valence-electron chi connectivity index (χ1n) is 5.26. The van der Waals surface area contributed by atoms with Gasteiger partial charge in [-0.3, -0.25) is 0 Å². The summed E-state index contributed by atoms with van der Waals surface area (Å²) in [5.41, 5.74) is 0. The van der Waals surface area contributed by atoms with Gasteiger partial charge in [-0.1, -0.05) is 0 Å². The third-order valence-electron chi connectivity index (χ3n) is 3.26. The number of likely N-dealkylation sites (tertiary alicyclic amines) is 1. The van der Waals surface area contributed by atoms with E-state index in [4.69, 9.17) is 6.42 Å². The molecule has 1 N–H and O–H groups in total. The fourth-order valence-corrected chi connectivity index (χ4v) is 2.54. The molecular weight excluding hydrogens is 160 g/mol. The highest BCUT2D eigenvalue weighted by Crippen LogP contribution is 2.26. The van der Waals surface area contributed by atoms with E-state index >= 15 is 0 Å². The van der Waals surface area contributed by atoms with Crippen molar-refractivity contribution in [2.75, 3.05) is 32.7 Å². The van der Waals surface area contributed by atoms with Gasteiger partial charge in [0.15, 0.2) is 0 Å². The Kier molecular flexibility index (Phi) is 2.87. The monoisotopic (exact) mass is 178 g/mol. The lowest BCUT2D eigenvalue weighted by molar-refractivity contribution is 0.310. The zero-order valence-corrected chi connectivity index (χ0v) is 8.13. The molecule has 0 saturated carbocycles. The van der Waals surface area contributed by atoms with E-state index < -0.39 is 0 Å². The molecule has 2 unspecified atom stereocenters. The van der Waals surface area contributed by atoms with Crippen LogP contribution < -0.4 is 5.32 Å². The van der Waals surface area contributed by atoms with Crippen LogP contribution in [-0.4, -0.2) is 37.6 Å². The largest absolute Gasteiger partial charge is 0.316 e. The number of rotatable bonds is 3. The molecule has 13 heavy (non-hydrogen) atoms. The van der Waals surface area contributed by atoms with Crippen LogP contribution in [0.5, 0.6) is 0 Å². The molecule has 2 atom stereocenters. The molecule has 2 rings (SSSR count). The smallest absolute Gasteiger partial charge is 0.00982 e. The summed E-state index contributed by atoms with van der Waals surface area (Å²) in [7, 11) is 0. The fourth-order valence-electron chi connectivity index (χ4n) is 2.54. The van der Waals surface area contributed by atoms with Gasteiger partial charge >= 0.3 is 0 Å². The van der Waals surface area contributed by atoms with Gasteiger partial charge < -0.3 is 10.2 Å². The minimum Gasteiger partial charge on any atom is -0.316 e. The summed E-state index contributed by atoms with van der Waals surface area (Å²) in [5.74, 6) is 4.55. The second kappa shape index (κ2) is 4.13. The Morgan fingerprint density at radius 2 is 2.00 bits per heavy atom. The Labute approximate surface area is 80.7 Å². The molecule has 0 bridgehead atoms. The van der Waals surface area contributed by atoms with Crippen LogP contribution in [0, 0.1) is 24.2 Å². The van der Waals surface area contributed by atoms with E-state index in [0.29, 0.717) is 0 Å². The van der Waals surface area contributed by atoms with Gasteiger partial charge in [0, 0.05) is 19.5 Å². The Morgan fingerprint density at radius 3 is 2.62 bits per heavy atom. The molecule has 2 aliphatic heterocycles. The van der Waals surface area contributed by atoms with Gasteiger partial charge in [-0.25, -0.2) is 0 Å². The van der Waals surface area contributed by atoms with Crippen LogP contribution in [0.4, 0.5) is 0 Å². The second-order valence-corrected chi connectivity index (χ2v) is 4.25. The molecule has 2 fully saturated rings. The van der Waals surface area contributed by atoms with Crippen molar-refractivity contribution in [3.8, 4) is 12.3 Å². The number of hydrogen-bond donors (Lipinski definition) is 1. The Morgan fingerprint density at radius 1 is 1.31 bits per heavy atom. The van der Waals surface area contributed by atoms with Crippen molar-refractivity contribution < 1.29 is 0 Å². The normalized spacial score (nSPS) is 33.2. The van der Waals surface area contributed by atoms with Crippen LogP contribution in [0.25, 0.3) is 0 Å². The minimum absolute atomic E-state index is 0.922. The maximum Gasteiger partial charge on any atom is 0.00982 e. The van der Waals surface area contributed by atoms with Gasteiger partial charge in [0.25, 0.3) is 0 Å². The third kappa shape index (κ3) is 2.04.